The van der Waals surface area contributed by atoms with Crippen molar-refractivity contribution in [3.8, 4) is 0 Å². The third-order valence-corrected chi connectivity index (χ3v) is 4.25. The van der Waals surface area contributed by atoms with E-state index in [0.717, 1.165) is 24.0 Å². The largest absolute Gasteiger partial charge is 0.376 e. The minimum absolute atomic E-state index is 0.0383. The summed E-state index contributed by atoms with van der Waals surface area (Å²) >= 11 is 0. The number of amides is 1. The number of carbonyl (C=O) groups is 1. The summed E-state index contributed by atoms with van der Waals surface area (Å²) < 4.78 is 18.9. The summed E-state index contributed by atoms with van der Waals surface area (Å²) in [6.07, 6.45) is 6.32. The van der Waals surface area contributed by atoms with Crippen LogP contribution in [0.1, 0.15) is 36.4 Å². The van der Waals surface area contributed by atoms with Crippen LogP contribution in [0.25, 0.3) is 0 Å². The van der Waals surface area contributed by atoms with E-state index in [9.17, 15) is 9.18 Å². The molecule has 3 rings (SSSR count). The minimum atomic E-state index is -0.284. The molecule has 126 valence electrons. The highest BCUT2D eigenvalue weighted by Gasteiger charge is 2.28. The Morgan fingerprint density at radius 3 is 2.83 bits per heavy atom. The lowest BCUT2D eigenvalue weighted by Gasteiger charge is -2.25. The number of halogens is 1. The Bertz CT molecular complexity index is 655. The number of carbonyl (C=O) groups excluding carboxylic acids is 1. The van der Waals surface area contributed by atoms with Gasteiger partial charge in [0.15, 0.2) is 0 Å². The molecular formula is C19H21FN2O2. The number of aromatic nitrogens is 1. The molecule has 1 aliphatic rings. The fourth-order valence-corrected chi connectivity index (χ4v) is 2.98. The monoisotopic (exact) mass is 328 g/mol. The van der Waals surface area contributed by atoms with Gasteiger partial charge in [-0.3, -0.25) is 9.78 Å². The molecule has 2 atom stereocenters. The number of nitrogens with zero attached hydrogens (tertiary/aromatic N) is 1. The topological polar surface area (TPSA) is 51.2 Å². The van der Waals surface area contributed by atoms with Crippen molar-refractivity contribution in [1.82, 2.24) is 10.3 Å². The molecule has 0 saturated carbocycles. The molecule has 1 amide bonds. The van der Waals surface area contributed by atoms with E-state index in [1.807, 2.05) is 12.1 Å². The SMILES string of the molecule is O=C(CCc1cccnc1)NC(c1ccc(F)cc1)C1CCCO1. The minimum Gasteiger partial charge on any atom is -0.376 e. The van der Waals surface area contributed by atoms with Crippen molar-refractivity contribution in [2.24, 2.45) is 0 Å². The van der Waals surface area contributed by atoms with Crippen LogP contribution in [0.4, 0.5) is 4.39 Å². The molecule has 1 fully saturated rings. The van der Waals surface area contributed by atoms with Crippen LogP contribution in [0.2, 0.25) is 0 Å². The van der Waals surface area contributed by atoms with E-state index >= 15 is 0 Å². The van der Waals surface area contributed by atoms with Crippen molar-refractivity contribution in [2.45, 2.75) is 37.8 Å². The Labute approximate surface area is 141 Å². The maximum absolute atomic E-state index is 13.2. The van der Waals surface area contributed by atoms with Crippen LogP contribution in [-0.4, -0.2) is 23.6 Å². The molecule has 1 aromatic heterocycles. The van der Waals surface area contributed by atoms with Gasteiger partial charge in [0.05, 0.1) is 12.1 Å². The van der Waals surface area contributed by atoms with Gasteiger partial charge < -0.3 is 10.1 Å². The predicted octanol–water partition coefficient (Wildman–Crippen LogP) is 3.19. The summed E-state index contributed by atoms with van der Waals surface area (Å²) in [5.74, 6) is -0.323. The zero-order valence-corrected chi connectivity index (χ0v) is 13.5. The van der Waals surface area contributed by atoms with E-state index < -0.39 is 0 Å². The molecule has 0 radical (unpaired) electrons. The van der Waals surface area contributed by atoms with Gasteiger partial charge in [-0.15, -0.1) is 0 Å². The van der Waals surface area contributed by atoms with Gasteiger partial charge in [-0.2, -0.15) is 0 Å². The lowest BCUT2D eigenvalue weighted by atomic mass is 9.98. The summed E-state index contributed by atoms with van der Waals surface area (Å²) in [7, 11) is 0. The number of ether oxygens (including phenoxy) is 1. The first-order chi connectivity index (χ1) is 11.7. The van der Waals surface area contributed by atoms with Crippen molar-refractivity contribution in [3.63, 3.8) is 0 Å². The average Bonchev–Trinajstić information content (AvgIpc) is 3.14. The molecule has 1 N–H and O–H groups in total. The fraction of sp³-hybridized carbons (Fsp3) is 0.368. The van der Waals surface area contributed by atoms with E-state index in [4.69, 9.17) is 4.74 Å². The zero-order valence-electron chi connectivity index (χ0n) is 13.5. The number of hydrogen-bond acceptors (Lipinski definition) is 3. The number of rotatable bonds is 6. The molecule has 2 heterocycles. The van der Waals surface area contributed by atoms with Crippen LogP contribution in [0, 0.1) is 5.82 Å². The van der Waals surface area contributed by atoms with E-state index in [0.29, 0.717) is 19.4 Å². The molecule has 0 aliphatic carbocycles. The zero-order chi connectivity index (χ0) is 16.8. The van der Waals surface area contributed by atoms with Crippen LogP contribution in [0.5, 0.6) is 0 Å². The molecule has 2 unspecified atom stereocenters. The van der Waals surface area contributed by atoms with Gasteiger partial charge in [0.1, 0.15) is 5.82 Å². The molecule has 24 heavy (non-hydrogen) atoms. The van der Waals surface area contributed by atoms with Crippen molar-refractivity contribution in [3.05, 3.63) is 65.7 Å². The molecular weight excluding hydrogens is 307 g/mol. The van der Waals surface area contributed by atoms with Crippen molar-refractivity contribution < 1.29 is 13.9 Å². The van der Waals surface area contributed by atoms with Crippen LogP contribution in [0.3, 0.4) is 0 Å². The van der Waals surface area contributed by atoms with Gasteiger partial charge in [0.2, 0.25) is 5.91 Å². The molecule has 1 saturated heterocycles. The average molecular weight is 328 g/mol. The molecule has 0 bridgehead atoms. The van der Waals surface area contributed by atoms with Crippen molar-refractivity contribution >= 4 is 5.91 Å². The molecule has 2 aromatic rings. The standard InChI is InChI=1S/C19H21FN2O2/c20-16-8-6-15(7-9-16)19(17-4-2-12-24-17)22-18(23)10-5-14-3-1-11-21-13-14/h1,3,6-9,11,13,17,19H,2,4-5,10,12H2,(H,22,23). The van der Waals surface area contributed by atoms with E-state index in [-0.39, 0.29) is 23.9 Å². The summed E-state index contributed by atoms with van der Waals surface area (Å²) in [6.45, 7) is 0.702. The lowest BCUT2D eigenvalue weighted by Crippen LogP contribution is -2.36. The van der Waals surface area contributed by atoms with Gasteiger partial charge in [-0.05, 0) is 48.6 Å². The molecule has 4 nitrogen and oxygen atoms in total. The normalized spacial score (nSPS) is 18.3. The number of aryl methyl sites for hydroxylation is 1. The maximum Gasteiger partial charge on any atom is 0.220 e. The predicted molar refractivity (Wildman–Crippen MR) is 88.8 cm³/mol. The van der Waals surface area contributed by atoms with Gasteiger partial charge in [-0.1, -0.05) is 18.2 Å². The molecule has 1 aliphatic heterocycles. The van der Waals surface area contributed by atoms with Crippen LogP contribution >= 0.6 is 0 Å². The first-order valence-corrected chi connectivity index (χ1v) is 8.28. The highest BCUT2D eigenvalue weighted by atomic mass is 19.1. The highest BCUT2D eigenvalue weighted by molar-refractivity contribution is 5.76. The summed E-state index contributed by atoms with van der Waals surface area (Å²) in [5, 5.41) is 3.06. The molecule has 5 heteroatoms. The van der Waals surface area contributed by atoms with Gasteiger partial charge in [0.25, 0.3) is 0 Å². The number of benzene rings is 1. The maximum atomic E-state index is 13.2. The van der Waals surface area contributed by atoms with Gasteiger partial charge in [0, 0.05) is 25.4 Å². The fourth-order valence-electron chi connectivity index (χ4n) is 2.98. The van der Waals surface area contributed by atoms with Crippen molar-refractivity contribution in [2.75, 3.05) is 6.61 Å². The second-order valence-corrected chi connectivity index (χ2v) is 6.01. The third-order valence-electron chi connectivity index (χ3n) is 4.25. The summed E-state index contributed by atoms with van der Waals surface area (Å²) in [5.41, 5.74) is 1.90. The first-order valence-electron chi connectivity index (χ1n) is 8.28. The Morgan fingerprint density at radius 2 is 2.17 bits per heavy atom. The summed E-state index contributed by atoms with van der Waals surface area (Å²) in [4.78, 5) is 16.4. The smallest absolute Gasteiger partial charge is 0.220 e. The Kier molecular flexibility index (Phi) is 5.54. The first kappa shape index (κ1) is 16.6. The second-order valence-electron chi connectivity index (χ2n) is 6.01. The van der Waals surface area contributed by atoms with Gasteiger partial charge >= 0.3 is 0 Å². The third kappa shape index (κ3) is 4.38. The van der Waals surface area contributed by atoms with Crippen molar-refractivity contribution in [1.29, 1.82) is 0 Å². The Morgan fingerprint density at radius 1 is 1.33 bits per heavy atom. The van der Waals surface area contributed by atoms with E-state index in [1.54, 1.807) is 24.5 Å². The molecule has 0 spiro atoms. The summed E-state index contributed by atoms with van der Waals surface area (Å²) in [6, 6.07) is 9.83. The lowest BCUT2D eigenvalue weighted by molar-refractivity contribution is -0.122. The van der Waals surface area contributed by atoms with E-state index in [2.05, 4.69) is 10.3 Å². The van der Waals surface area contributed by atoms with Crippen LogP contribution in [-0.2, 0) is 16.0 Å². The quantitative estimate of drug-likeness (QED) is 0.886. The number of pyridine rings is 1. The highest BCUT2D eigenvalue weighted by Crippen LogP contribution is 2.27. The number of hydrogen-bond donors (Lipinski definition) is 1. The van der Waals surface area contributed by atoms with Crippen LogP contribution < -0.4 is 5.32 Å². The number of nitrogens with one attached hydrogen (secondary N) is 1. The Balaban J connectivity index is 1.64. The van der Waals surface area contributed by atoms with Gasteiger partial charge in [-0.25, -0.2) is 4.39 Å². The second kappa shape index (κ2) is 8.02. The van der Waals surface area contributed by atoms with E-state index in [1.165, 1.54) is 12.1 Å². The van der Waals surface area contributed by atoms with Crippen LogP contribution in [0.15, 0.2) is 48.8 Å². The Hall–Kier alpha value is -2.27. The molecule has 1 aromatic carbocycles.